The van der Waals surface area contributed by atoms with Crippen LogP contribution in [0, 0.1) is 17.7 Å². The molecule has 20 heavy (non-hydrogen) atoms. The fourth-order valence-electron chi connectivity index (χ4n) is 2.11. The lowest BCUT2D eigenvalue weighted by Crippen LogP contribution is -2.27. The van der Waals surface area contributed by atoms with Gasteiger partial charge in [-0.1, -0.05) is 18.5 Å². The number of halogens is 2. The van der Waals surface area contributed by atoms with Crippen molar-refractivity contribution < 1.29 is 12.8 Å². The smallest absolute Gasteiger partial charge is 0.243 e. The van der Waals surface area contributed by atoms with E-state index in [1.54, 1.807) is 7.05 Å². The fraction of sp³-hybridized carbons (Fsp3) is 0.538. The lowest BCUT2D eigenvalue weighted by molar-refractivity contribution is 0.543. The molecule has 0 spiro atoms. The summed E-state index contributed by atoms with van der Waals surface area (Å²) in [6, 6.07) is 2.57. The summed E-state index contributed by atoms with van der Waals surface area (Å²) in [5, 5.41) is 2.99. The number of hydrogen-bond acceptors (Lipinski definition) is 3. The minimum Gasteiger partial charge on any atom is -0.316 e. The minimum atomic E-state index is -3.87. The van der Waals surface area contributed by atoms with Crippen LogP contribution in [0.4, 0.5) is 4.39 Å². The van der Waals surface area contributed by atoms with Crippen LogP contribution in [0.15, 0.2) is 17.0 Å². The van der Waals surface area contributed by atoms with Crippen molar-refractivity contribution in [2.45, 2.75) is 24.8 Å². The maximum absolute atomic E-state index is 14.2. The molecule has 0 radical (unpaired) electrons. The molecule has 1 aliphatic rings. The second-order valence-electron chi connectivity index (χ2n) is 5.23. The van der Waals surface area contributed by atoms with E-state index in [-0.39, 0.29) is 22.0 Å². The van der Waals surface area contributed by atoms with Gasteiger partial charge in [0.05, 0.1) is 0 Å². The maximum Gasteiger partial charge on any atom is 0.243 e. The second kappa shape index (κ2) is 5.97. The summed E-state index contributed by atoms with van der Waals surface area (Å²) in [4.78, 5) is -0.386. The molecule has 0 bridgehead atoms. The van der Waals surface area contributed by atoms with Gasteiger partial charge in [-0.3, -0.25) is 0 Å². The molecule has 2 rings (SSSR count). The predicted octanol–water partition coefficient (Wildman–Crippen LogP) is 2.13. The van der Waals surface area contributed by atoms with Gasteiger partial charge in [-0.25, -0.2) is 17.5 Å². The van der Waals surface area contributed by atoms with Gasteiger partial charge in [0.25, 0.3) is 0 Å². The van der Waals surface area contributed by atoms with Gasteiger partial charge in [0.1, 0.15) is 10.7 Å². The number of nitrogens with one attached hydrogen (secondary N) is 2. The van der Waals surface area contributed by atoms with Crippen LogP contribution in [0.2, 0.25) is 5.02 Å². The highest BCUT2D eigenvalue weighted by atomic mass is 35.5. The SMILES string of the molecule is CNCc1cc(Cl)cc(S(=O)(=O)NCC2CC2C)c1F. The molecule has 2 unspecified atom stereocenters. The van der Waals surface area contributed by atoms with Gasteiger partial charge in [0.15, 0.2) is 0 Å². The first-order valence-corrected chi connectivity index (χ1v) is 8.33. The van der Waals surface area contributed by atoms with Crippen molar-refractivity contribution in [1.29, 1.82) is 0 Å². The number of hydrogen-bond donors (Lipinski definition) is 2. The predicted molar refractivity (Wildman–Crippen MR) is 76.6 cm³/mol. The zero-order valence-electron chi connectivity index (χ0n) is 11.4. The molecular formula is C13H18ClFN2O2S. The van der Waals surface area contributed by atoms with E-state index in [1.165, 1.54) is 6.07 Å². The average Bonchev–Trinajstić information content (AvgIpc) is 3.07. The fourth-order valence-corrected chi connectivity index (χ4v) is 3.65. The molecule has 0 aromatic heterocycles. The highest BCUT2D eigenvalue weighted by Gasteiger charge is 2.34. The van der Waals surface area contributed by atoms with E-state index in [0.717, 1.165) is 12.5 Å². The van der Waals surface area contributed by atoms with E-state index >= 15 is 0 Å². The summed E-state index contributed by atoms with van der Waals surface area (Å²) < 4.78 is 41.0. The Kier molecular flexibility index (Phi) is 4.69. The third-order valence-electron chi connectivity index (χ3n) is 3.55. The Labute approximate surface area is 123 Å². The molecule has 0 heterocycles. The summed E-state index contributed by atoms with van der Waals surface area (Å²) in [7, 11) is -2.22. The minimum absolute atomic E-state index is 0.205. The van der Waals surface area contributed by atoms with Gasteiger partial charge in [-0.15, -0.1) is 0 Å². The Balaban J connectivity index is 2.25. The molecule has 1 saturated carbocycles. The van der Waals surface area contributed by atoms with Crippen molar-refractivity contribution in [3.05, 3.63) is 28.5 Å². The highest BCUT2D eigenvalue weighted by molar-refractivity contribution is 7.89. The molecule has 7 heteroatoms. The average molecular weight is 321 g/mol. The summed E-state index contributed by atoms with van der Waals surface area (Å²) in [6.45, 7) is 2.62. The lowest BCUT2D eigenvalue weighted by atomic mass is 10.2. The van der Waals surface area contributed by atoms with Crippen molar-refractivity contribution >= 4 is 21.6 Å². The van der Waals surface area contributed by atoms with Crippen LogP contribution in [0.5, 0.6) is 0 Å². The molecule has 2 atom stereocenters. The van der Waals surface area contributed by atoms with Gasteiger partial charge >= 0.3 is 0 Å². The molecule has 112 valence electrons. The largest absolute Gasteiger partial charge is 0.316 e. The lowest BCUT2D eigenvalue weighted by Gasteiger charge is -2.11. The van der Waals surface area contributed by atoms with Crippen LogP contribution in [-0.4, -0.2) is 22.0 Å². The molecule has 4 nitrogen and oxygen atoms in total. The zero-order chi connectivity index (χ0) is 14.9. The van der Waals surface area contributed by atoms with Gasteiger partial charge in [-0.2, -0.15) is 0 Å². The van der Waals surface area contributed by atoms with Gasteiger partial charge < -0.3 is 5.32 Å². The Bertz CT molecular complexity index is 607. The van der Waals surface area contributed by atoms with Crippen molar-refractivity contribution in [3.8, 4) is 0 Å². The molecule has 1 aliphatic carbocycles. The highest BCUT2D eigenvalue weighted by Crippen LogP contribution is 2.37. The van der Waals surface area contributed by atoms with Crippen molar-refractivity contribution in [2.75, 3.05) is 13.6 Å². The van der Waals surface area contributed by atoms with E-state index < -0.39 is 15.8 Å². The molecule has 1 aromatic carbocycles. The van der Waals surface area contributed by atoms with E-state index in [2.05, 4.69) is 17.0 Å². The Morgan fingerprint density at radius 2 is 2.10 bits per heavy atom. The maximum atomic E-state index is 14.2. The number of benzene rings is 1. The van der Waals surface area contributed by atoms with Crippen molar-refractivity contribution in [2.24, 2.45) is 11.8 Å². The monoisotopic (exact) mass is 320 g/mol. The molecule has 0 saturated heterocycles. The second-order valence-corrected chi connectivity index (χ2v) is 7.40. The van der Waals surface area contributed by atoms with Gasteiger partial charge in [0.2, 0.25) is 10.0 Å². The Hall–Kier alpha value is -0.690. The summed E-state index contributed by atoms with van der Waals surface area (Å²) in [6.07, 6.45) is 1.01. The summed E-state index contributed by atoms with van der Waals surface area (Å²) >= 11 is 5.88. The van der Waals surface area contributed by atoms with Gasteiger partial charge in [0, 0.05) is 23.7 Å². The first-order valence-electron chi connectivity index (χ1n) is 6.47. The van der Waals surface area contributed by atoms with Crippen LogP contribution in [-0.2, 0) is 16.6 Å². The van der Waals surface area contributed by atoms with Crippen LogP contribution in [0.1, 0.15) is 18.9 Å². The molecule has 1 fully saturated rings. The molecule has 2 N–H and O–H groups in total. The zero-order valence-corrected chi connectivity index (χ0v) is 13.0. The number of rotatable bonds is 6. The van der Waals surface area contributed by atoms with Crippen LogP contribution in [0.25, 0.3) is 0 Å². The third-order valence-corrected chi connectivity index (χ3v) is 5.19. The first-order chi connectivity index (χ1) is 9.35. The number of sulfonamides is 1. The summed E-state index contributed by atoms with van der Waals surface area (Å²) in [5.41, 5.74) is 0.236. The first kappa shape index (κ1) is 15.7. The van der Waals surface area contributed by atoms with Crippen LogP contribution < -0.4 is 10.0 Å². The van der Waals surface area contributed by atoms with Crippen molar-refractivity contribution in [3.63, 3.8) is 0 Å². The van der Waals surface area contributed by atoms with E-state index in [1.807, 2.05) is 0 Å². The van der Waals surface area contributed by atoms with Crippen LogP contribution >= 0.6 is 11.6 Å². The summed E-state index contributed by atoms with van der Waals surface area (Å²) in [5.74, 6) is 0.130. The molecule has 1 aromatic rings. The standard InChI is InChI=1S/C13H18ClFN2O2S/c1-8-3-9(8)7-17-20(18,19)12-5-11(14)4-10(6-16-2)13(12)15/h4-5,8-9,16-17H,3,6-7H2,1-2H3. The molecular weight excluding hydrogens is 303 g/mol. The topological polar surface area (TPSA) is 58.2 Å². The van der Waals surface area contributed by atoms with E-state index in [4.69, 9.17) is 11.6 Å². The van der Waals surface area contributed by atoms with E-state index in [9.17, 15) is 12.8 Å². The Morgan fingerprint density at radius 1 is 1.45 bits per heavy atom. The molecule has 0 amide bonds. The Morgan fingerprint density at radius 3 is 2.65 bits per heavy atom. The van der Waals surface area contributed by atoms with Crippen molar-refractivity contribution in [1.82, 2.24) is 10.0 Å². The van der Waals surface area contributed by atoms with E-state index in [0.29, 0.717) is 18.4 Å². The van der Waals surface area contributed by atoms with Crippen LogP contribution in [0.3, 0.4) is 0 Å². The van der Waals surface area contributed by atoms with Gasteiger partial charge in [-0.05, 0) is 37.4 Å². The quantitative estimate of drug-likeness (QED) is 0.844. The normalized spacial score (nSPS) is 22.0. The third kappa shape index (κ3) is 3.49. The molecule has 0 aliphatic heterocycles.